The zero-order chi connectivity index (χ0) is 17.6. The highest BCUT2D eigenvalue weighted by molar-refractivity contribution is 5.91. The molecule has 136 valence electrons. The van der Waals surface area contributed by atoms with Gasteiger partial charge in [0.15, 0.2) is 0 Å². The summed E-state index contributed by atoms with van der Waals surface area (Å²) in [5.74, 6) is 0.617. The first-order valence-electron chi connectivity index (χ1n) is 9.05. The van der Waals surface area contributed by atoms with Crippen LogP contribution < -0.4 is 10.1 Å². The number of likely N-dealkylation sites (N-methyl/N-ethyl adjacent to an activating group) is 1. The lowest BCUT2D eigenvalue weighted by molar-refractivity contribution is 0.199. The highest BCUT2D eigenvalue weighted by Crippen LogP contribution is 2.29. The molecule has 0 spiro atoms. The Balaban J connectivity index is 1.61. The fourth-order valence-electron chi connectivity index (χ4n) is 3.30. The third-order valence-electron chi connectivity index (χ3n) is 4.68. The maximum Gasteiger partial charge on any atom is 0.412 e. The maximum absolute atomic E-state index is 12.2. The quantitative estimate of drug-likeness (QED) is 0.810. The monoisotopic (exact) mass is 344 g/mol. The first-order chi connectivity index (χ1) is 12.1. The molecule has 0 radical (unpaired) electrons. The molecule has 1 fully saturated rings. The van der Waals surface area contributed by atoms with Gasteiger partial charge in [-0.2, -0.15) is 0 Å². The lowest BCUT2D eigenvalue weighted by Crippen LogP contribution is -2.35. The molecule has 0 atom stereocenters. The number of nitrogens with one attached hydrogen (secondary N) is 2. The fraction of sp³-hybridized carbons (Fsp3) is 0.526. The number of nitrogens with zero attached hydrogens (tertiary/aromatic N) is 2. The van der Waals surface area contributed by atoms with Crippen LogP contribution in [0.5, 0.6) is 5.75 Å². The summed E-state index contributed by atoms with van der Waals surface area (Å²) in [7, 11) is 4.11. The van der Waals surface area contributed by atoms with Crippen LogP contribution in [-0.4, -0.2) is 67.7 Å². The van der Waals surface area contributed by atoms with Gasteiger partial charge in [-0.05, 0) is 64.1 Å². The van der Waals surface area contributed by atoms with E-state index in [0.717, 1.165) is 43.5 Å². The molecule has 1 aromatic carbocycles. The Kier molecular flexibility index (Phi) is 5.94. The third kappa shape index (κ3) is 4.74. The van der Waals surface area contributed by atoms with Crippen LogP contribution in [0.25, 0.3) is 10.9 Å². The standard InChI is InChI=1S/C19H28N4O2/c1-22(2)12-8-15-14-21-16-6-5-7-17(18(15)16)25-19(24)20-9-13-23-10-3-4-11-23/h5-7,14,21H,3-4,8-13H2,1-2H3,(H,20,24). The highest BCUT2D eigenvalue weighted by atomic mass is 16.6. The second-order valence-corrected chi connectivity index (χ2v) is 6.91. The van der Waals surface area contributed by atoms with E-state index in [-0.39, 0.29) is 6.09 Å². The van der Waals surface area contributed by atoms with Crippen LogP contribution in [0.1, 0.15) is 18.4 Å². The molecule has 25 heavy (non-hydrogen) atoms. The molecule has 3 rings (SSSR count). The number of H-pyrrole nitrogens is 1. The van der Waals surface area contributed by atoms with E-state index >= 15 is 0 Å². The molecule has 0 bridgehead atoms. The van der Waals surface area contributed by atoms with Crippen LogP contribution >= 0.6 is 0 Å². The van der Waals surface area contributed by atoms with Crippen molar-refractivity contribution in [3.8, 4) is 5.75 Å². The first-order valence-corrected chi connectivity index (χ1v) is 9.05. The molecule has 1 aliphatic rings. The van der Waals surface area contributed by atoms with Crippen molar-refractivity contribution in [2.45, 2.75) is 19.3 Å². The lowest BCUT2D eigenvalue weighted by atomic mass is 10.1. The second kappa shape index (κ2) is 8.36. The Hall–Kier alpha value is -2.05. The van der Waals surface area contributed by atoms with E-state index in [1.54, 1.807) is 0 Å². The van der Waals surface area contributed by atoms with Crippen molar-refractivity contribution in [1.82, 2.24) is 20.1 Å². The van der Waals surface area contributed by atoms with Crippen LogP contribution in [-0.2, 0) is 6.42 Å². The smallest absolute Gasteiger partial charge is 0.410 e. The normalized spacial score (nSPS) is 15.2. The summed E-state index contributed by atoms with van der Waals surface area (Å²) in [6.45, 7) is 4.72. The Bertz CT molecular complexity index is 705. The van der Waals surface area contributed by atoms with Crippen LogP contribution in [0.2, 0.25) is 0 Å². The van der Waals surface area contributed by atoms with Crippen molar-refractivity contribution < 1.29 is 9.53 Å². The van der Waals surface area contributed by atoms with E-state index in [9.17, 15) is 4.79 Å². The van der Waals surface area contributed by atoms with Gasteiger partial charge in [0.25, 0.3) is 0 Å². The number of benzene rings is 1. The number of fused-ring (bicyclic) bond motifs is 1. The molecule has 0 saturated carbocycles. The fourth-order valence-corrected chi connectivity index (χ4v) is 3.30. The molecule has 2 N–H and O–H groups in total. The SMILES string of the molecule is CN(C)CCc1c[nH]c2cccc(OC(=O)NCCN3CCCC3)c12. The molecule has 6 nitrogen and oxygen atoms in total. The molecule has 2 aromatic rings. The molecule has 1 amide bonds. The van der Waals surface area contributed by atoms with E-state index in [1.165, 1.54) is 18.4 Å². The number of aromatic nitrogens is 1. The first kappa shape index (κ1) is 17.8. The van der Waals surface area contributed by atoms with Crippen LogP contribution in [0.4, 0.5) is 4.79 Å². The average Bonchev–Trinajstić information content (AvgIpc) is 3.23. The molecule has 0 unspecified atom stereocenters. The van der Waals surface area contributed by atoms with Gasteiger partial charge in [0, 0.05) is 36.7 Å². The lowest BCUT2D eigenvalue weighted by Gasteiger charge is -2.15. The van der Waals surface area contributed by atoms with Crippen LogP contribution in [0.15, 0.2) is 24.4 Å². The minimum absolute atomic E-state index is 0.383. The van der Waals surface area contributed by atoms with E-state index in [1.807, 2.05) is 24.4 Å². The minimum atomic E-state index is -0.383. The average molecular weight is 344 g/mol. The van der Waals surface area contributed by atoms with Gasteiger partial charge in [0.2, 0.25) is 0 Å². The Labute approximate surface area is 149 Å². The van der Waals surface area contributed by atoms with Gasteiger partial charge in [-0.3, -0.25) is 0 Å². The topological polar surface area (TPSA) is 60.6 Å². The van der Waals surface area contributed by atoms with Crippen LogP contribution in [0, 0.1) is 0 Å². The van der Waals surface area contributed by atoms with Crippen LogP contribution in [0.3, 0.4) is 0 Å². The number of aromatic amines is 1. The Morgan fingerprint density at radius 2 is 2.12 bits per heavy atom. The minimum Gasteiger partial charge on any atom is -0.410 e. The molecule has 1 aromatic heterocycles. The largest absolute Gasteiger partial charge is 0.412 e. The summed E-state index contributed by atoms with van der Waals surface area (Å²) >= 11 is 0. The van der Waals surface area contributed by atoms with Crippen molar-refractivity contribution in [2.75, 3.05) is 46.8 Å². The number of rotatable bonds is 7. The van der Waals surface area contributed by atoms with E-state index < -0.39 is 0 Å². The number of ether oxygens (including phenoxy) is 1. The van der Waals surface area contributed by atoms with E-state index in [4.69, 9.17) is 4.74 Å². The van der Waals surface area contributed by atoms with Crippen molar-refractivity contribution in [3.63, 3.8) is 0 Å². The number of amides is 1. The summed E-state index contributed by atoms with van der Waals surface area (Å²) < 4.78 is 5.60. The Morgan fingerprint density at radius 3 is 2.88 bits per heavy atom. The van der Waals surface area contributed by atoms with E-state index in [2.05, 4.69) is 34.2 Å². The molecule has 2 heterocycles. The number of carbonyl (C=O) groups excluding carboxylic acids is 1. The van der Waals surface area contributed by atoms with Gasteiger partial charge >= 0.3 is 6.09 Å². The summed E-state index contributed by atoms with van der Waals surface area (Å²) in [5.41, 5.74) is 2.17. The highest BCUT2D eigenvalue weighted by Gasteiger charge is 2.14. The van der Waals surface area contributed by atoms with Gasteiger partial charge < -0.3 is 24.8 Å². The molecule has 6 heteroatoms. The number of carbonyl (C=O) groups is 1. The molecular weight excluding hydrogens is 316 g/mol. The number of hydrogen-bond donors (Lipinski definition) is 2. The number of likely N-dealkylation sites (tertiary alicyclic amines) is 1. The molecule has 1 aliphatic heterocycles. The summed E-state index contributed by atoms with van der Waals surface area (Å²) in [5, 5.41) is 3.86. The zero-order valence-corrected chi connectivity index (χ0v) is 15.2. The van der Waals surface area contributed by atoms with Gasteiger partial charge in [-0.1, -0.05) is 6.07 Å². The zero-order valence-electron chi connectivity index (χ0n) is 15.2. The van der Waals surface area contributed by atoms with E-state index in [0.29, 0.717) is 12.3 Å². The molecule has 1 saturated heterocycles. The van der Waals surface area contributed by atoms with Gasteiger partial charge in [0.05, 0.1) is 0 Å². The third-order valence-corrected chi connectivity index (χ3v) is 4.68. The van der Waals surface area contributed by atoms with Gasteiger partial charge in [0.1, 0.15) is 5.75 Å². The van der Waals surface area contributed by atoms with Crippen molar-refractivity contribution in [3.05, 3.63) is 30.0 Å². The number of hydrogen-bond acceptors (Lipinski definition) is 4. The summed E-state index contributed by atoms with van der Waals surface area (Å²) in [6.07, 6.45) is 5.05. The summed E-state index contributed by atoms with van der Waals surface area (Å²) in [6, 6.07) is 5.77. The molecule has 0 aliphatic carbocycles. The van der Waals surface area contributed by atoms with Gasteiger partial charge in [-0.15, -0.1) is 0 Å². The summed E-state index contributed by atoms with van der Waals surface area (Å²) in [4.78, 5) is 19.9. The maximum atomic E-state index is 12.2. The van der Waals surface area contributed by atoms with Crippen molar-refractivity contribution >= 4 is 17.0 Å². The van der Waals surface area contributed by atoms with Gasteiger partial charge in [-0.25, -0.2) is 4.79 Å². The van der Waals surface area contributed by atoms with Crippen molar-refractivity contribution in [2.24, 2.45) is 0 Å². The predicted molar refractivity (Wildman–Crippen MR) is 100 cm³/mol. The molecular formula is C19H28N4O2. The predicted octanol–water partition coefficient (Wildman–Crippen LogP) is 2.46. The second-order valence-electron chi connectivity index (χ2n) is 6.91. The van der Waals surface area contributed by atoms with Crippen molar-refractivity contribution in [1.29, 1.82) is 0 Å². The Morgan fingerprint density at radius 1 is 1.32 bits per heavy atom.